The predicted molar refractivity (Wildman–Crippen MR) is 128 cm³/mol. The Kier molecular flexibility index (Phi) is 5.79. The van der Waals surface area contributed by atoms with Crippen molar-refractivity contribution in [1.82, 2.24) is 20.1 Å². The molecule has 2 aliphatic heterocycles. The first-order chi connectivity index (χ1) is 16.4. The first-order valence-corrected chi connectivity index (χ1v) is 11.6. The molecule has 5 rings (SSSR count). The predicted octanol–water partition coefficient (Wildman–Crippen LogP) is 2.95. The number of aromatic carboxylic acids is 1. The van der Waals surface area contributed by atoms with Crippen LogP contribution in [0, 0.1) is 0 Å². The number of rotatable bonds is 5. The van der Waals surface area contributed by atoms with E-state index in [1.807, 2.05) is 12.1 Å². The summed E-state index contributed by atoms with van der Waals surface area (Å²) in [6.07, 6.45) is 0.836. The summed E-state index contributed by atoms with van der Waals surface area (Å²) in [6, 6.07) is 11.8. The van der Waals surface area contributed by atoms with E-state index in [4.69, 9.17) is 5.11 Å². The highest BCUT2D eigenvalue weighted by Crippen LogP contribution is 2.34. The number of amides is 1. The zero-order valence-corrected chi connectivity index (χ0v) is 19.3. The van der Waals surface area contributed by atoms with E-state index < -0.39 is 12.0 Å². The number of aromatic nitrogens is 3. The number of nitrogens with one attached hydrogen (secondary N) is 2. The van der Waals surface area contributed by atoms with Gasteiger partial charge < -0.3 is 25.2 Å². The molecule has 176 valence electrons. The summed E-state index contributed by atoms with van der Waals surface area (Å²) >= 11 is 0. The highest BCUT2D eigenvalue weighted by atomic mass is 16.4. The maximum absolute atomic E-state index is 13.1. The highest BCUT2D eigenvalue weighted by Gasteiger charge is 2.30. The molecule has 0 spiro atoms. The lowest BCUT2D eigenvalue weighted by molar-refractivity contribution is -0.118. The second-order valence-electron chi connectivity index (χ2n) is 9.06. The Morgan fingerprint density at radius 2 is 1.91 bits per heavy atom. The number of carboxylic acid groups (broad SMARTS) is 1. The van der Waals surface area contributed by atoms with Crippen molar-refractivity contribution in [2.45, 2.75) is 45.3 Å². The summed E-state index contributed by atoms with van der Waals surface area (Å²) in [5.74, 6) is 1.18. The van der Waals surface area contributed by atoms with Crippen LogP contribution in [0.4, 0.5) is 11.4 Å². The minimum absolute atomic E-state index is 0.166. The van der Waals surface area contributed by atoms with Gasteiger partial charge >= 0.3 is 5.97 Å². The molecule has 9 nitrogen and oxygen atoms in total. The number of benzene rings is 2. The Balaban J connectivity index is 1.37. The van der Waals surface area contributed by atoms with Crippen LogP contribution in [0.2, 0.25) is 0 Å². The molecule has 34 heavy (non-hydrogen) atoms. The number of carboxylic acids is 1. The summed E-state index contributed by atoms with van der Waals surface area (Å²) in [6.45, 7) is 7.36. The molecule has 3 N–H and O–H groups in total. The van der Waals surface area contributed by atoms with Gasteiger partial charge in [0.05, 0.1) is 12.1 Å². The number of fused-ring (bicyclic) bond motifs is 2. The molecular formula is C25H28N6O3. The fourth-order valence-electron chi connectivity index (χ4n) is 4.84. The molecule has 1 atom stereocenters. The van der Waals surface area contributed by atoms with Crippen LogP contribution < -0.4 is 15.5 Å². The second-order valence-corrected chi connectivity index (χ2v) is 9.06. The summed E-state index contributed by atoms with van der Waals surface area (Å²) < 4.78 is 2.23. The summed E-state index contributed by atoms with van der Waals surface area (Å²) in [5, 5.41) is 24.1. The monoisotopic (exact) mass is 460 g/mol. The Morgan fingerprint density at radius 3 is 2.65 bits per heavy atom. The molecule has 1 aromatic heterocycles. The first kappa shape index (κ1) is 22.1. The minimum Gasteiger partial charge on any atom is -0.478 e. The quantitative estimate of drug-likeness (QED) is 0.537. The fraction of sp³-hybridized carbons (Fsp3) is 0.360. The smallest absolute Gasteiger partial charge is 0.335 e. The third kappa shape index (κ3) is 4.03. The molecule has 3 aromatic rings. The molecule has 9 heteroatoms. The Bertz CT molecular complexity index is 1230. The number of nitrogens with zero attached hydrogens (tertiary/aromatic N) is 4. The van der Waals surface area contributed by atoms with Crippen LogP contribution in [0.15, 0.2) is 42.5 Å². The van der Waals surface area contributed by atoms with Gasteiger partial charge in [0.25, 0.3) is 0 Å². The maximum Gasteiger partial charge on any atom is 0.335 e. The van der Waals surface area contributed by atoms with Crippen LogP contribution in [0.1, 0.15) is 58.9 Å². The van der Waals surface area contributed by atoms with Gasteiger partial charge in [0.1, 0.15) is 11.9 Å². The van der Waals surface area contributed by atoms with Crippen LogP contribution in [-0.4, -0.2) is 44.8 Å². The highest BCUT2D eigenvalue weighted by molar-refractivity contribution is 5.97. The van der Waals surface area contributed by atoms with E-state index in [-0.39, 0.29) is 11.5 Å². The van der Waals surface area contributed by atoms with Crippen molar-refractivity contribution in [2.75, 3.05) is 23.3 Å². The minimum atomic E-state index is -0.996. The van der Waals surface area contributed by atoms with Crippen LogP contribution in [0.25, 0.3) is 0 Å². The van der Waals surface area contributed by atoms with Crippen molar-refractivity contribution in [3.05, 3.63) is 70.8 Å². The van der Waals surface area contributed by atoms with E-state index in [0.29, 0.717) is 24.7 Å². The second kappa shape index (κ2) is 8.90. The maximum atomic E-state index is 13.1. The standard InChI is InChI=1S/C25H28N6O3/c1-15(2)23-29-28-21-14-30(12-13-31(21)23)20-5-3-4-19-18(20)10-11-26-22(19)24(32)27-17-8-6-16(7-9-17)25(33)34/h3-9,15,22,26H,10-14H2,1-2H3,(H,27,32)(H,33,34). The van der Waals surface area contributed by atoms with Crippen molar-refractivity contribution in [1.29, 1.82) is 0 Å². The molecule has 2 aliphatic rings. The number of hydrogen-bond donors (Lipinski definition) is 3. The molecule has 1 unspecified atom stereocenters. The largest absolute Gasteiger partial charge is 0.478 e. The molecule has 2 aromatic carbocycles. The van der Waals surface area contributed by atoms with E-state index in [0.717, 1.165) is 42.4 Å². The van der Waals surface area contributed by atoms with Gasteiger partial charge in [-0.1, -0.05) is 26.0 Å². The zero-order valence-electron chi connectivity index (χ0n) is 19.3. The van der Waals surface area contributed by atoms with Crippen molar-refractivity contribution in [2.24, 2.45) is 0 Å². The van der Waals surface area contributed by atoms with Gasteiger partial charge in [-0.05, 0) is 47.9 Å². The topological polar surface area (TPSA) is 112 Å². The molecule has 0 saturated heterocycles. The number of carbonyl (C=O) groups is 2. The SMILES string of the molecule is CC(C)c1nnc2n1CCN(c1cccc3c1CCNC3C(=O)Nc1ccc(C(=O)O)cc1)C2. The van der Waals surface area contributed by atoms with Gasteiger partial charge in [0.2, 0.25) is 5.91 Å². The average Bonchev–Trinajstić information content (AvgIpc) is 3.27. The number of carbonyl (C=O) groups excluding carboxylic acids is 1. The van der Waals surface area contributed by atoms with Gasteiger partial charge in [-0.2, -0.15) is 0 Å². The molecule has 0 aliphatic carbocycles. The van der Waals surface area contributed by atoms with E-state index >= 15 is 0 Å². The number of anilines is 2. The molecule has 1 amide bonds. The van der Waals surface area contributed by atoms with Crippen LogP contribution in [-0.2, 0) is 24.3 Å². The lowest BCUT2D eigenvalue weighted by Gasteiger charge is -2.35. The molecule has 3 heterocycles. The van der Waals surface area contributed by atoms with Crippen molar-refractivity contribution in [3.8, 4) is 0 Å². The molecule has 0 fully saturated rings. The Hall–Kier alpha value is -3.72. The van der Waals surface area contributed by atoms with Gasteiger partial charge in [-0.25, -0.2) is 4.79 Å². The van der Waals surface area contributed by atoms with Crippen molar-refractivity contribution in [3.63, 3.8) is 0 Å². The molecule has 0 saturated carbocycles. The van der Waals surface area contributed by atoms with Gasteiger partial charge in [0, 0.05) is 36.9 Å². The van der Waals surface area contributed by atoms with E-state index in [1.54, 1.807) is 12.1 Å². The van der Waals surface area contributed by atoms with E-state index in [9.17, 15) is 9.59 Å². The lowest BCUT2D eigenvalue weighted by atomic mass is 9.91. The third-order valence-corrected chi connectivity index (χ3v) is 6.52. The fourth-order valence-corrected chi connectivity index (χ4v) is 4.84. The molecule has 0 bridgehead atoms. The summed E-state index contributed by atoms with van der Waals surface area (Å²) in [7, 11) is 0. The summed E-state index contributed by atoms with van der Waals surface area (Å²) in [5.41, 5.74) is 4.04. The van der Waals surface area contributed by atoms with Crippen LogP contribution in [0.5, 0.6) is 0 Å². The molecule has 0 radical (unpaired) electrons. The zero-order chi connectivity index (χ0) is 23.8. The van der Waals surface area contributed by atoms with Crippen LogP contribution in [0.3, 0.4) is 0 Å². The van der Waals surface area contributed by atoms with Gasteiger partial charge in [-0.3, -0.25) is 4.79 Å². The lowest BCUT2D eigenvalue weighted by Crippen LogP contribution is -2.40. The molecular weight excluding hydrogens is 432 g/mol. The van der Waals surface area contributed by atoms with Crippen molar-refractivity contribution >= 4 is 23.3 Å². The normalized spacial score (nSPS) is 17.3. The average molecular weight is 461 g/mol. The Labute approximate surface area is 197 Å². The first-order valence-electron chi connectivity index (χ1n) is 11.6. The van der Waals surface area contributed by atoms with Gasteiger partial charge in [-0.15, -0.1) is 10.2 Å². The Morgan fingerprint density at radius 1 is 1.12 bits per heavy atom. The van der Waals surface area contributed by atoms with Gasteiger partial charge in [0.15, 0.2) is 5.82 Å². The van der Waals surface area contributed by atoms with E-state index in [2.05, 4.69) is 50.2 Å². The summed E-state index contributed by atoms with van der Waals surface area (Å²) in [4.78, 5) is 26.5. The van der Waals surface area contributed by atoms with Crippen LogP contribution >= 0.6 is 0 Å². The number of hydrogen-bond acceptors (Lipinski definition) is 6. The van der Waals surface area contributed by atoms with Crippen molar-refractivity contribution < 1.29 is 14.7 Å². The third-order valence-electron chi connectivity index (χ3n) is 6.52. The van der Waals surface area contributed by atoms with E-state index in [1.165, 1.54) is 17.7 Å².